The van der Waals surface area contributed by atoms with Crippen LogP contribution in [0.15, 0.2) is 73.8 Å². The first-order chi connectivity index (χ1) is 31.5. The number of nitrogens with one attached hydrogen (secondary N) is 1. The average Bonchev–Trinajstić information content (AvgIpc) is 3.95. The molecule has 0 unspecified atom stereocenters. The van der Waals surface area contributed by atoms with Gasteiger partial charge in [-0.2, -0.15) is 4.98 Å². The van der Waals surface area contributed by atoms with Gasteiger partial charge in [0.05, 0.1) is 85.5 Å². The van der Waals surface area contributed by atoms with Gasteiger partial charge in [-0.3, -0.25) is 9.59 Å². The third-order valence-corrected chi connectivity index (χ3v) is 11.4. The van der Waals surface area contributed by atoms with Crippen LogP contribution in [-0.4, -0.2) is 113 Å². The molecule has 0 aliphatic carbocycles. The predicted octanol–water partition coefficient (Wildman–Crippen LogP) is 4.82. The predicted molar refractivity (Wildman–Crippen MR) is 246 cm³/mol. The Kier molecular flexibility index (Phi) is 14.1. The third-order valence-electron chi connectivity index (χ3n) is 11.3. The largest absolute Gasteiger partial charge is 0.384 e. The molecule has 0 radical (unpaired) electrons. The highest BCUT2D eigenvalue weighted by Crippen LogP contribution is 2.27. The molecule has 0 bridgehead atoms. The van der Waals surface area contributed by atoms with Gasteiger partial charge in [0.25, 0.3) is 11.8 Å². The molecule has 2 saturated heterocycles. The molecule has 2 amide bonds. The summed E-state index contributed by atoms with van der Waals surface area (Å²) in [5, 5.41) is 3.46. The number of anilines is 7. The zero-order chi connectivity index (χ0) is 45.5. The van der Waals surface area contributed by atoms with Gasteiger partial charge in [0.2, 0.25) is 11.2 Å². The van der Waals surface area contributed by atoms with Gasteiger partial charge in [-0.15, -0.1) is 0 Å². The Labute approximate surface area is 381 Å². The fourth-order valence-electron chi connectivity index (χ4n) is 7.86. The van der Waals surface area contributed by atoms with Gasteiger partial charge in [0, 0.05) is 63.5 Å². The highest BCUT2D eigenvalue weighted by atomic mass is 35.5. The number of pyridine rings is 2. The second-order valence-corrected chi connectivity index (χ2v) is 16.5. The molecule has 2 fully saturated rings. The highest BCUT2D eigenvalue weighted by molar-refractivity contribution is 6.28. The van der Waals surface area contributed by atoms with Crippen molar-refractivity contribution in [2.45, 2.75) is 65.7 Å². The van der Waals surface area contributed by atoms with E-state index in [1.807, 2.05) is 36.9 Å². The number of carbonyl (C=O) groups excluding carboxylic acids is 2. The Bertz CT molecular complexity index is 2570. The fourth-order valence-corrected chi connectivity index (χ4v) is 8.00. The normalized spacial score (nSPS) is 16.1. The lowest BCUT2D eigenvalue weighted by atomic mass is 10.1. The smallest absolute Gasteiger partial charge is 0.253 e. The van der Waals surface area contributed by atoms with Crippen molar-refractivity contribution in [3.8, 4) is 0 Å². The zero-order valence-electron chi connectivity index (χ0n) is 36.9. The minimum Gasteiger partial charge on any atom is -0.384 e. The van der Waals surface area contributed by atoms with Crippen LogP contribution < -0.4 is 30.7 Å². The number of hydrogen-bond acceptors (Lipinski definition) is 16. The van der Waals surface area contributed by atoms with Crippen molar-refractivity contribution < 1.29 is 19.1 Å². The summed E-state index contributed by atoms with van der Waals surface area (Å²) in [7, 11) is 0. The molecule has 10 heterocycles. The Hall–Kier alpha value is -6.77. The van der Waals surface area contributed by atoms with Gasteiger partial charge in [-0.05, 0) is 75.7 Å². The molecule has 10 rings (SSSR count). The number of aromatic nitrogens is 10. The molecule has 20 nitrogen and oxygen atoms in total. The lowest BCUT2D eigenvalue weighted by molar-refractivity contribution is -0.126. The summed E-state index contributed by atoms with van der Waals surface area (Å²) in [6, 6.07) is 11.8. The number of nitrogens with two attached hydrogens (primary N) is 1. The van der Waals surface area contributed by atoms with E-state index in [4.69, 9.17) is 31.8 Å². The summed E-state index contributed by atoms with van der Waals surface area (Å²) in [4.78, 5) is 65.9. The van der Waals surface area contributed by atoms with Crippen LogP contribution in [0.2, 0.25) is 5.28 Å². The minimum absolute atomic E-state index is 0.0391. The molecule has 6 aromatic heterocycles. The number of carbonyl (C=O) groups is 2. The summed E-state index contributed by atoms with van der Waals surface area (Å²) < 4.78 is 14.7. The number of amides is 2. The summed E-state index contributed by atoms with van der Waals surface area (Å²) >= 11 is 5.86. The quantitative estimate of drug-likeness (QED) is 0.196. The van der Waals surface area contributed by atoms with Crippen LogP contribution in [-0.2, 0) is 45.0 Å². The van der Waals surface area contributed by atoms with Crippen molar-refractivity contribution in [1.29, 1.82) is 0 Å². The topological polar surface area (TPSA) is 217 Å². The summed E-state index contributed by atoms with van der Waals surface area (Å²) in [5.41, 5.74) is 11.9. The second-order valence-electron chi connectivity index (χ2n) is 16.2. The number of imidazole rings is 2. The van der Waals surface area contributed by atoms with Crippen molar-refractivity contribution in [2.24, 2.45) is 0 Å². The van der Waals surface area contributed by atoms with E-state index in [1.54, 1.807) is 46.7 Å². The summed E-state index contributed by atoms with van der Waals surface area (Å²) in [6.45, 7) is 14.5. The maximum atomic E-state index is 12.0. The van der Waals surface area contributed by atoms with Gasteiger partial charge >= 0.3 is 0 Å². The van der Waals surface area contributed by atoms with Gasteiger partial charge in [-0.25, -0.2) is 34.9 Å². The van der Waals surface area contributed by atoms with E-state index < -0.39 is 0 Å². The van der Waals surface area contributed by atoms with Crippen molar-refractivity contribution >= 4 is 64.0 Å². The molecule has 0 saturated carbocycles. The maximum absolute atomic E-state index is 12.0. The Morgan fingerprint density at radius 3 is 1.68 bits per heavy atom. The highest BCUT2D eigenvalue weighted by Gasteiger charge is 2.26. The maximum Gasteiger partial charge on any atom is 0.253 e. The van der Waals surface area contributed by atoms with Crippen LogP contribution in [0, 0.1) is 0 Å². The van der Waals surface area contributed by atoms with Gasteiger partial charge in [-0.1, -0.05) is 0 Å². The van der Waals surface area contributed by atoms with E-state index in [0.717, 1.165) is 62.0 Å². The van der Waals surface area contributed by atoms with E-state index >= 15 is 0 Å². The molecule has 340 valence electrons. The number of hydrogen-bond donors (Lipinski definition) is 2. The number of fused-ring (bicyclic) bond motifs is 2. The lowest BCUT2D eigenvalue weighted by Crippen LogP contribution is -2.41. The van der Waals surface area contributed by atoms with E-state index in [9.17, 15) is 9.59 Å². The van der Waals surface area contributed by atoms with E-state index in [-0.39, 0.29) is 25.0 Å². The second kappa shape index (κ2) is 20.4. The van der Waals surface area contributed by atoms with Crippen molar-refractivity contribution in [3.05, 3.63) is 102 Å². The van der Waals surface area contributed by atoms with Gasteiger partial charge in [0.1, 0.15) is 36.5 Å². The first kappa shape index (κ1) is 44.8. The molecule has 4 aliphatic rings. The molecule has 0 aromatic carbocycles. The fraction of sp³-hybridized carbons (Fsp3) is 0.409. The Morgan fingerprint density at radius 1 is 0.646 bits per heavy atom. The summed E-state index contributed by atoms with van der Waals surface area (Å²) in [6.07, 6.45) is 12.4. The number of halogens is 1. The SMILES string of the molecule is CC(C)n1cnc2c1CN(c1ccnc(Cl)n1)CC2.CC(C)n1cnc2c1CN(c1ccnc(Nc3ccc(N4CCOCC4=O)cn3)n1)CC2.Nc1ccc(N2CCOCC2=O)cn1. The molecule has 3 N–H and O–H groups in total. The molecular formula is C44H53ClN16O4. The molecule has 6 aromatic rings. The van der Waals surface area contributed by atoms with Crippen LogP contribution in [0.1, 0.15) is 62.6 Å². The van der Waals surface area contributed by atoms with Gasteiger partial charge in [0.15, 0.2) is 0 Å². The monoisotopic (exact) mass is 904 g/mol. The molecule has 4 aliphatic heterocycles. The van der Waals surface area contributed by atoms with Crippen LogP contribution in [0.25, 0.3) is 0 Å². The number of rotatable bonds is 8. The zero-order valence-corrected chi connectivity index (χ0v) is 37.7. The number of nitrogen functional groups attached to an aromatic ring is 1. The van der Waals surface area contributed by atoms with Crippen molar-refractivity contribution in [1.82, 2.24) is 49.0 Å². The number of ether oxygens (including phenoxy) is 2. The standard InChI is InChI=1S/C22H26N8O2.C13H16ClN5.C9H11N3O2/c1-15(2)30-14-25-17-6-8-28(12-18(17)30)20-5-7-23-22(27-20)26-19-4-3-16(11-24-19)29-9-10-32-13-21(29)31;1-9(2)19-8-16-10-4-6-18(7-11(10)19)12-3-5-15-13(14)17-12;10-8-2-1-7(5-11-8)12-3-4-14-6-9(12)13/h3-5,7,11,14-15H,6,8-10,12-13H2,1-2H3,(H,23,24,26,27);3,5,8-9H,4,6-7H2,1-2H3;1-2,5H,3-4,6H2,(H2,10,11). The average molecular weight is 905 g/mol. The molecule has 21 heteroatoms. The molecule has 0 spiro atoms. The lowest BCUT2D eigenvalue weighted by Gasteiger charge is -2.29. The first-order valence-electron chi connectivity index (χ1n) is 21.6. The Morgan fingerprint density at radius 2 is 1.18 bits per heavy atom. The van der Waals surface area contributed by atoms with E-state index in [0.29, 0.717) is 61.3 Å². The number of morpholine rings is 2. The van der Waals surface area contributed by atoms with Crippen molar-refractivity contribution in [2.75, 3.05) is 83.3 Å². The van der Waals surface area contributed by atoms with Crippen LogP contribution in [0.5, 0.6) is 0 Å². The van der Waals surface area contributed by atoms with Crippen LogP contribution in [0.4, 0.5) is 40.6 Å². The van der Waals surface area contributed by atoms with Crippen LogP contribution >= 0.6 is 11.6 Å². The van der Waals surface area contributed by atoms with E-state index in [1.165, 1.54) is 22.8 Å². The molecule has 65 heavy (non-hydrogen) atoms. The van der Waals surface area contributed by atoms with E-state index in [2.05, 4.69) is 86.8 Å². The van der Waals surface area contributed by atoms with Crippen molar-refractivity contribution in [3.63, 3.8) is 0 Å². The minimum atomic E-state index is -0.0571. The molecular weight excluding hydrogens is 852 g/mol. The summed E-state index contributed by atoms with van der Waals surface area (Å²) in [5.74, 6) is 3.19. The van der Waals surface area contributed by atoms with Crippen LogP contribution in [0.3, 0.4) is 0 Å². The molecule has 0 atom stereocenters. The first-order valence-corrected chi connectivity index (χ1v) is 22.0. The Balaban J connectivity index is 0.000000147. The third kappa shape index (κ3) is 10.8. The number of nitrogens with zero attached hydrogens (tertiary/aromatic N) is 14. The van der Waals surface area contributed by atoms with Gasteiger partial charge < -0.3 is 49.3 Å².